The third kappa shape index (κ3) is 2.63. The molecule has 0 aliphatic rings. The number of hydrogen-bond acceptors (Lipinski definition) is 4. The largest absolute Gasteiger partial charge is 0.476 e. The number of hydrogen-bond donors (Lipinski definition) is 2. The molecule has 0 spiro atoms. The first kappa shape index (κ1) is 11.2. The molecular weight excluding hydrogens is 222 g/mol. The van der Waals surface area contributed by atoms with Crippen LogP contribution in [0.3, 0.4) is 0 Å². The van der Waals surface area contributed by atoms with Gasteiger partial charge in [-0.1, -0.05) is 0 Å². The van der Waals surface area contributed by atoms with Crippen molar-refractivity contribution in [2.24, 2.45) is 0 Å². The maximum Gasteiger partial charge on any atom is 0.358 e. The average molecular weight is 235 g/mol. The molecule has 0 saturated carbocycles. The van der Waals surface area contributed by atoms with E-state index in [9.17, 15) is 4.79 Å². The van der Waals surface area contributed by atoms with Crippen molar-refractivity contribution >= 4 is 11.7 Å². The number of aromatic nitrogens is 4. The Kier molecular flexibility index (Phi) is 3.08. The van der Waals surface area contributed by atoms with Crippen LogP contribution in [0.4, 0.5) is 5.69 Å². The Morgan fingerprint density at radius 3 is 2.88 bits per heavy atom. The van der Waals surface area contributed by atoms with E-state index in [0.717, 1.165) is 13.0 Å². The molecule has 2 heterocycles. The zero-order valence-corrected chi connectivity index (χ0v) is 9.15. The summed E-state index contributed by atoms with van der Waals surface area (Å²) < 4.78 is 3.50. The highest BCUT2D eigenvalue weighted by atomic mass is 16.4. The second-order valence-electron chi connectivity index (χ2n) is 3.66. The number of nitrogen functional groups attached to an aromatic ring is 1. The fraction of sp³-hybridized carbons (Fsp3) is 0.300. The first-order valence-corrected chi connectivity index (χ1v) is 5.19. The van der Waals surface area contributed by atoms with Gasteiger partial charge in [-0.25, -0.2) is 9.78 Å². The number of aromatic carboxylic acids is 1. The molecule has 0 unspecified atom stereocenters. The van der Waals surface area contributed by atoms with E-state index >= 15 is 0 Å². The fourth-order valence-corrected chi connectivity index (χ4v) is 1.55. The van der Waals surface area contributed by atoms with Crippen LogP contribution in [0.25, 0.3) is 0 Å². The van der Waals surface area contributed by atoms with Crippen LogP contribution in [-0.2, 0) is 13.1 Å². The number of nitrogens with two attached hydrogens (primary N) is 1. The summed E-state index contributed by atoms with van der Waals surface area (Å²) in [5, 5.41) is 12.7. The van der Waals surface area contributed by atoms with Crippen LogP contribution < -0.4 is 5.73 Å². The smallest absolute Gasteiger partial charge is 0.358 e. The summed E-state index contributed by atoms with van der Waals surface area (Å²) in [5.74, 6) is -1.10. The van der Waals surface area contributed by atoms with Gasteiger partial charge in [-0.2, -0.15) is 5.10 Å². The van der Waals surface area contributed by atoms with Crippen molar-refractivity contribution in [3.05, 3.63) is 30.6 Å². The molecule has 0 bridgehead atoms. The lowest BCUT2D eigenvalue weighted by molar-refractivity contribution is 0.0690. The minimum Gasteiger partial charge on any atom is -0.476 e. The van der Waals surface area contributed by atoms with Crippen LogP contribution >= 0.6 is 0 Å². The highest BCUT2D eigenvalue weighted by Crippen LogP contribution is 2.09. The zero-order valence-electron chi connectivity index (χ0n) is 9.15. The van der Waals surface area contributed by atoms with Crippen LogP contribution in [0.1, 0.15) is 16.9 Å². The summed E-state index contributed by atoms with van der Waals surface area (Å²) in [5.41, 5.74) is 5.63. The fourth-order valence-electron chi connectivity index (χ4n) is 1.55. The minimum absolute atomic E-state index is 0.0902. The Morgan fingerprint density at radius 1 is 1.47 bits per heavy atom. The van der Waals surface area contributed by atoms with Gasteiger partial charge in [-0.05, 0) is 6.42 Å². The molecule has 0 aliphatic carbocycles. The van der Waals surface area contributed by atoms with E-state index in [-0.39, 0.29) is 11.4 Å². The van der Waals surface area contributed by atoms with Crippen LogP contribution in [-0.4, -0.2) is 30.4 Å². The topological polar surface area (TPSA) is 99.0 Å². The number of anilines is 1. The lowest BCUT2D eigenvalue weighted by Crippen LogP contribution is -2.05. The van der Waals surface area contributed by atoms with Crippen LogP contribution in [0.5, 0.6) is 0 Å². The van der Waals surface area contributed by atoms with Gasteiger partial charge in [0.15, 0.2) is 5.69 Å². The molecule has 2 rings (SSSR count). The molecule has 2 aromatic heterocycles. The summed E-state index contributed by atoms with van der Waals surface area (Å²) in [6, 6.07) is 0. The van der Waals surface area contributed by atoms with E-state index in [2.05, 4.69) is 10.1 Å². The standard InChI is InChI=1S/C10H13N5O2/c11-8-6-15(13-9(8)10(16)17)4-1-3-14-5-2-12-7-14/h2,5-7H,1,3-4,11H2,(H,16,17). The Balaban J connectivity index is 1.91. The number of carboxylic acid groups (broad SMARTS) is 1. The molecule has 0 amide bonds. The molecule has 3 N–H and O–H groups in total. The Labute approximate surface area is 97.5 Å². The quantitative estimate of drug-likeness (QED) is 0.783. The minimum atomic E-state index is -1.10. The second kappa shape index (κ2) is 4.69. The predicted molar refractivity (Wildman–Crippen MR) is 60.4 cm³/mol. The molecule has 0 radical (unpaired) electrons. The van der Waals surface area contributed by atoms with Gasteiger partial charge in [-0.3, -0.25) is 4.68 Å². The van der Waals surface area contributed by atoms with Crippen molar-refractivity contribution in [1.82, 2.24) is 19.3 Å². The highest BCUT2D eigenvalue weighted by Gasteiger charge is 2.12. The van der Waals surface area contributed by atoms with Gasteiger partial charge in [0.2, 0.25) is 0 Å². The van der Waals surface area contributed by atoms with E-state index in [1.165, 1.54) is 6.20 Å². The van der Waals surface area contributed by atoms with E-state index < -0.39 is 5.97 Å². The second-order valence-corrected chi connectivity index (χ2v) is 3.66. The Morgan fingerprint density at radius 2 is 2.29 bits per heavy atom. The van der Waals surface area contributed by atoms with Gasteiger partial charge in [0.25, 0.3) is 0 Å². The number of aryl methyl sites for hydroxylation is 2. The Bertz CT molecular complexity index is 503. The van der Waals surface area contributed by atoms with Crippen molar-refractivity contribution in [1.29, 1.82) is 0 Å². The lowest BCUT2D eigenvalue weighted by Gasteiger charge is -2.02. The molecule has 0 aromatic carbocycles. The molecule has 0 atom stereocenters. The van der Waals surface area contributed by atoms with E-state index in [4.69, 9.17) is 10.8 Å². The summed E-state index contributed by atoms with van der Waals surface area (Å²) in [6.45, 7) is 1.43. The van der Waals surface area contributed by atoms with E-state index in [0.29, 0.717) is 6.54 Å². The van der Waals surface area contributed by atoms with Gasteiger partial charge in [0.05, 0.1) is 12.0 Å². The van der Waals surface area contributed by atoms with Crippen LogP contribution in [0.15, 0.2) is 24.9 Å². The van der Waals surface area contributed by atoms with Gasteiger partial charge >= 0.3 is 5.97 Å². The first-order valence-electron chi connectivity index (χ1n) is 5.19. The average Bonchev–Trinajstić information content (AvgIpc) is 2.88. The zero-order chi connectivity index (χ0) is 12.3. The maximum atomic E-state index is 10.7. The summed E-state index contributed by atoms with van der Waals surface area (Å²) in [4.78, 5) is 14.7. The van der Waals surface area contributed by atoms with Crippen molar-refractivity contribution in [3.8, 4) is 0 Å². The maximum absolute atomic E-state index is 10.7. The van der Waals surface area contributed by atoms with Gasteiger partial charge < -0.3 is 15.4 Å². The molecule has 7 nitrogen and oxygen atoms in total. The third-order valence-corrected chi connectivity index (χ3v) is 2.36. The number of nitrogens with zero attached hydrogens (tertiary/aromatic N) is 4. The lowest BCUT2D eigenvalue weighted by atomic mass is 10.4. The number of carbonyl (C=O) groups is 1. The normalized spacial score (nSPS) is 10.6. The SMILES string of the molecule is Nc1cn(CCCn2ccnc2)nc1C(=O)O. The summed E-state index contributed by atoms with van der Waals surface area (Å²) in [6.07, 6.45) is 7.70. The van der Waals surface area contributed by atoms with Gasteiger partial charge in [0.1, 0.15) is 0 Å². The summed E-state index contributed by atoms with van der Waals surface area (Å²) >= 11 is 0. The highest BCUT2D eigenvalue weighted by molar-refractivity contribution is 5.91. The summed E-state index contributed by atoms with van der Waals surface area (Å²) in [7, 11) is 0. The molecule has 17 heavy (non-hydrogen) atoms. The first-order chi connectivity index (χ1) is 8.16. The Hall–Kier alpha value is -2.31. The number of carboxylic acids is 1. The molecule has 7 heteroatoms. The van der Waals surface area contributed by atoms with Crippen LogP contribution in [0, 0.1) is 0 Å². The number of rotatable bonds is 5. The van der Waals surface area contributed by atoms with E-state index in [1.54, 1.807) is 17.2 Å². The van der Waals surface area contributed by atoms with Crippen molar-refractivity contribution in [2.75, 3.05) is 5.73 Å². The van der Waals surface area contributed by atoms with Gasteiger partial charge in [-0.15, -0.1) is 0 Å². The molecule has 0 saturated heterocycles. The molecule has 2 aromatic rings. The van der Waals surface area contributed by atoms with Crippen molar-refractivity contribution < 1.29 is 9.90 Å². The predicted octanol–water partition coefficient (Wildman–Crippen LogP) is 0.450. The van der Waals surface area contributed by atoms with Crippen LogP contribution in [0.2, 0.25) is 0 Å². The third-order valence-electron chi connectivity index (χ3n) is 2.36. The molecule has 0 aliphatic heterocycles. The molecule has 90 valence electrons. The van der Waals surface area contributed by atoms with Crippen molar-refractivity contribution in [3.63, 3.8) is 0 Å². The molecule has 0 fully saturated rings. The van der Waals surface area contributed by atoms with Crippen molar-refractivity contribution in [2.45, 2.75) is 19.5 Å². The van der Waals surface area contributed by atoms with E-state index in [1.807, 2.05) is 10.8 Å². The molecular formula is C10H13N5O2. The van der Waals surface area contributed by atoms with Gasteiger partial charge in [0, 0.05) is 31.7 Å². The number of imidazole rings is 1. The monoisotopic (exact) mass is 235 g/mol.